The number of nitrogens with zero attached hydrogens (tertiary/aromatic N) is 4. The highest BCUT2D eigenvalue weighted by Gasteiger charge is 2.24. The van der Waals surface area contributed by atoms with Crippen LogP contribution in [-0.4, -0.2) is 57.7 Å². The summed E-state index contributed by atoms with van der Waals surface area (Å²) < 4.78 is 1.57. The topological polar surface area (TPSA) is 58.4 Å². The zero-order chi connectivity index (χ0) is 24.7. The van der Waals surface area contributed by atoms with Crippen molar-refractivity contribution in [2.75, 3.05) is 27.2 Å². The summed E-state index contributed by atoms with van der Waals surface area (Å²) in [6, 6.07) is 19.9. The number of rotatable bonds is 10. The van der Waals surface area contributed by atoms with E-state index in [2.05, 4.69) is 4.90 Å². The third kappa shape index (κ3) is 6.81. The number of carbonyl (C=O) groups is 1. The Labute approximate surface area is 206 Å². The van der Waals surface area contributed by atoms with Gasteiger partial charge in [0.05, 0.1) is 5.25 Å². The minimum absolute atomic E-state index is 0.0379. The minimum Gasteiger partial charge on any atom is -0.336 e. The van der Waals surface area contributed by atoms with Crippen molar-refractivity contribution >= 4 is 17.7 Å². The molecule has 3 rings (SSSR count). The monoisotopic (exact) mass is 478 g/mol. The van der Waals surface area contributed by atoms with E-state index in [1.807, 2.05) is 93.5 Å². The molecule has 0 saturated heterocycles. The molecule has 0 aliphatic carbocycles. The second kappa shape index (κ2) is 12.0. The van der Waals surface area contributed by atoms with Gasteiger partial charge in [0, 0.05) is 44.4 Å². The Morgan fingerprint density at radius 2 is 1.59 bits per heavy atom. The molecule has 0 spiro atoms. The van der Waals surface area contributed by atoms with Crippen LogP contribution >= 0.6 is 11.8 Å². The largest absolute Gasteiger partial charge is 0.336 e. The van der Waals surface area contributed by atoms with Gasteiger partial charge >= 0.3 is 0 Å². The van der Waals surface area contributed by atoms with Crippen LogP contribution < -0.4 is 5.56 Å². The Hall–Kier alpha value is -2.90. The lowest BCUT2D eigenvalue weighted by molar-refractivity contribution is -0.131. The van der Waals surface area contributed by atoms with Gasteiger partial charge in [0.15, 0.2) is 5.16 Å². The lowest BCUT2D eigenvalue weighted by Gasteiger charge is -2.27. The lowest BCUT2D eigenvalue weighted by Crippen LogP contribution is -2.40. The lowest BCUT2D eigenvalue weighted by atomic mass is 10.1. The van der Waals surface area contributed by atoms with Crippen molar-refractivity contribution in [1.82, 2.24) is 19.4 Å². The molecule has 6 nitrogen and oxygen atoms in total. The molecule has 0 radical (unpaired) electrons. The summed E-state index contributed by atoms with van der Waals surface area (Å²) in [5, 5.41) is 0.191. The van der Waals surface area contributed by atoms with Crippen LogP contribution in [-0.2, 0) is 24.8 Å². The molecule has 1 aromatic heterocycles. The Bertz CT molecular complexity index is 1150. The van der Waals surface area contributed by atoms with Crippen LogP contribution in [0.4, 0.5) is 0 Å². The number of carbonyl (C=O) groups excluding carboxylic acids is 1. The van der Waals surface area contributed by atoms with Crippen LogP contribution in [0.5, 0.6) is 0 Å². The maximum absolute atomic E-state index is 13.4. The first kappa shape index (κ1) is 25.7. The van der Waals surface area contributed by atoms with E-state index in [-0.39, 0.29) is 16.7 Å². The van der Waals surface area contributed by atoms with E-state index in [1.54, 1.807) is 11.6 Å². The van der Waals surface area contributed by atoms with Crippen LogP contribution in [0.15, 0.2) is 70.6 Å². The molecule has 1 amide bonds. The molecule has 0 N–H and O–H groups in total. The Balaban J connectivity index is 1.78. The van der Waals surface area contributed by atoms with Gasteiger partial charge in [0.1, 0.15) is 0 Å². The normalized spacial score (nSPS) is 12.1. The van der Waals surface area contributed by atoms with Crippen LogP contribution in [0, 0.1) is 6.92 Å². The highest BCUT2D eigenvalue weighted by atomic mass is 32.2. The van der Waals surface area contributed by atoms with E-state index in [0.29, 0.717) is 35.9 Å². The molecule has 0 fully saturated rings. The van der Waals surface area contributed by atoms with Gasteiger partial charge < -0.3 is 9.80 Å². The number of amides is 1. The third-order valence-electron chi connectivity index (χ3n) is 5.75. The molecule has 1 heterocycles. The van der Waals surface area contributed by atoms with Gasteiger partial charge in [0.25, 0.3) is 5.56 Å². The predicted molar refractivity (Wildman–Crippen MR) is 139 cm³/mol. The highest BCUT2D eigenvalue weighted by Crippen LogP contribution is 2.23. The van der Waals surface area contributed by atoms with Crippen LogP contribution in [0.2, 0.25) is 0 Å². The van der Waals surface area contributed by atoms with Gasteiger partial charge in [-0.1, -0.05) is 72.4 Å². The number of hydrogen-bond acceptors (Lipinski definition) is 5. The van der Waals surface area contributed by atoms with Crippen LogP contribution in [0.3, 0.4) is 0 Å². The second-order valence-corrected chi connectivity index (χ2v) is 10.1. The summed E-state index contributed by atoms with van der Waals surface area (Å²) in [6.45, 7) is 5.72. The fourth-order valence-corrected chi connectivity index (χ4v) is 4.69. The van der Waals surface area contributed by atoms with Crippen molar-refractivity contribution in [1.29, 1.82) is 0 Å². The van der Waals surface area contributed by atoms with Crippen molar-refractivity contribution in [3.8, 4) is 0 Å². The predicted octanol–water partition coefficient (Wildman–Crippen LogP) is 3.75. The van der Waals surface area contributed by atoms with Gasteiger partial charge in [-0.15, -0.1) is 0 Å². The Morgan fingerprint density at radius 1 is 1.00 bits per heavy atom. The zero-order valence-electron chi connectivity index (χ0n) is 20.7. The molecule has 0 aliphatic rings. The number of likely N-dealkylation sites (N-methyl/N-ethyl adjacent to an activating group) is 1. The van der Waals surface area contributed by atoms with Gasteiger partial charge in [0.2, 0.25) is 5.91 Å². The first-order valence-corrected chi connectivity index (χ1v) is 12.4. The Morgan fingerprint density at radius 3 is 2.18 bits per heavy atom. The van der Waals surface area contributed by atoms with E-state index < -0.39 is 0 Å². The summed E-state index contributed by atoms with van der Waals surface area (Å²) in [5.41, 5.74) is 3.51. The molecule has 3 aromatic rings. The van der Waals surface area contributed by atoms with Gasteiger partial charge in [-0.3, -0.25) is 14.2 Å². The average molecular weight is 479 g/mol. The fraction of sp³-hybridized carbons (Fsp3) is 0.370. The molecule has 0 aliphatic heterocycles. The second-order valence-electron chi connectivity index (χ2n) is 8.79. The smallest absolute Gasteiger partial charge is 0.257 e. The SMILES string of the molecule is Cc1nc(SC(C)C(=O)N(CCN(C)C)Cc2ccccc2)n(C)c(=O)c1Cc1ccccc1. The molecule has 7 heteroatoms. The molecule has 1 atom stereocenters. The van der Waals surface area contributed by atoms with Crippen molar-refractivity contribution in [2.24, 2.45) is 7.05 Å². The minimum atomic E-state index is -0.372. The summed E-state index contributed by atoms with van der Waals surface area (Å²) in [7, 11) is 5.74. The first-order valence-electron chi connectivity index (χ1n) is 11.5. The molecule has 34 heavy (non-hydrogen) atoms. The van der Waals surface area contributed by atoms with E-state index >= 15 is 0 Å². The van der Waals surface area contributed by atoms with Gasteiger partial charge in [-0.25, -0.2) is 4.98 Å². The summed E-state index contributed by atoms with van der Waals surface area (Å²) >= 11 is 1.34. The quantitative estimate of drug-likeness (QED) is 0.328. The average Bonchev–Trinajstić information content (AvgIpc) is 2.83. The van der Waals surface area contributed by atoms with Crippen molar-refractivity contribution in [3.63, 3.8) is 0 Å². The zero-order valence-corrected chi connectivity index (χ0v) is 21.5. The van der Waals surface area contributed by atoms with Crippen molar-refractivity contribution in [3.05, 3.63) is 93.4 Å². The third-order valence-corrected chi connectivity index (χ3v) is 6.88. The maximum atomic E-state index is 13.4. The number of thioether (sulfide) groups is 1. The van der Waals surface area contributed by atoms with Gasteiger partial charge in [-0.05, 0) is 39.1 Å². The number of hydrogen-bond donors (Lipinski definition) is 0. The van der Waals surface area contributed by atoms with Crippen molar-refractivity contribution < 1.29 is 4.79 Å². The summed E-state index contributed by atoms with van der Waals surface area (Å²) in [5.74, 6) is 0.0379. The van der Waals surface area contributed by atoms with E-state index in [1.165, 1.54) is 11.8 Å². The number of benzene rings is 2. The standard InChI is InChI=1S/C27H34N4O2S/c1-20-24(18-22-12-8-6-9-13-22)26(33)30(5)27(28-20)34-21(2)25(32)31(17-16-29(3)4)19-23-14-10-7-11-15-23/h6-15,21H,16-19H2,1-5H3. The molecule has 0 saturated carbocycles. The molecule has 1 unspecified atom stereocenters. The van der Waals surface area contributed by atoms with Crippen LogP contribution in [0.1, 0.15) is 29.3 Å². The highest BCUT2D eigenvalue weighted by molar-refractivity contribution is 8.00. The Kier molecular flexibility index (Phi) is 9.07. The molecular formula is C27H34N4O2S. The molecule has 2 aromatic carbocycles. The number of aromatic nitrogens is 2. The summed E-state index contributed by atoms with van der Waals surface area (Å²) in [4.78, 5) is 35.2. The van der Waals surface area contributed by atoms with E-state index in [0.717, 1.165) is 17.7 Å². The van der Waals surface area contributed by atoms with E-state index in [9.17, 15) is 9.59 Å². The molecule has 180 valence electrons. The fourth-order valence-electron chi connectivity index (χ4n) is 3.70. The number of aryl methyl sites for hydroxylation is 1. The van der Waals surface area contributed by atoms with Crippen LogP contribution in [0.25, 0.3) is 0 Å². The molecular weight excluding hydrogens is 444 g/mol. The molecule has 0 bridgehead atoms. The summed E-state index contributed by atoms with van der Waals surface area (Å²) in [6.07, 6.45) is 0.543. The van der Waals surface area contributed by atoms with Crippen molar-refractivity contribution in [2.45, 2.75) is 37.2 Å². The van der Waals surface area contributed by atoms with E-state index in [4.69, 9.17) is 4.98 Å². The maximum Gasteiger partial charge on any atom is 0.257 e. The van der Waals surface area contributed by atoms with Gasteiger partial charge in [-0.2, -0.15) is 0 Å². The first-order chi connectivity index (χ1) is 16.3.